The second-order valence-electron chi connectivity index (χ2n) is 6.47. The Morgan fingerprint density at radius 1 is 1.30 bits per heavy atom. The molecule has 0 spiro atoms. The first-order chi connectivity index (χ1) is 13.1. The number of hydrogen-bond acceptors (Lipinski definition) is 5. The molecule has 1 N–H and O–H groups in total. The van der Waals surface area contributed by atoms with Gasteiger partial charge in [-0.3, -0.25) is 14.9 Å². The predicted molar refractivity (Wildman–Crippen MR) is 103 cm³/mol. The van der Waals surface area contributed by atoms with Crippen LogP contribution in [0.15, 0.2) is 48.5 Å². The van der Waals surface area contributed by atoms with Crippen LogP contribution in [0.1, 0.15) is 30.9 Å². The van der Waals surface area contributed by atoms with Crippen LogP contribution in [-0.2, 0) is 4.79 Å². The number of nitro benzene ring substituents is 1. The summed E-state index contributed by atoms with van der Waals surface area (Å²) in [6.45, 7) is 1.08. The lowest BCUT2D eigenvalue weighted by atomic mass is 10.0. The van der Waals surface area contributed by atoms with Crippen LogP contribution >= 0.6 is 0 Å². The molecule has 0 bridgehead atoms. The normalized spacial score (nSPS) is 16.2. The number of nitrogens with zero attached hydrogens (tertiary/aromatic N) is 2. The third-order valence-corrected chi connectivity index (χ3v) is 4.81. The lowest BCUT2D eigenvalue weighted by Gasteiger charge is -2.25. The first-order valence-corrected chi connectivity index (χ1v) is 9.01. The number of methoxy groups -OCH3 is 1. The van der Waals surface area contributed by atoms with Gasteiger partial charge in [-0.25, -0.2) is 0 Å². The fraction of sp³-hybridized carbons (Fsp3) is 0.350. The van der Waals surface area contributed by atoms with Crippen molar-refractivity contribution in [3.8, 4) is 5.75 Å². The maximum absolute atomic E-state index is 12.7. The number of amides is 1. The molecule has 0 saturated carbocycles. The molecular formula is C20H23N3O4. The fourth-order valence-electron chi connectivity index (χ4n) is 3.49. The van der Waals surface area contributed by atoms with Crippen LogP contribution in [0.4, 0.5) is 11.4 Å². The van der Waals surface area contributed by atoms with E-state index in [4.69, 9.17) is 4.74 Å². The van der Waals surface area contributed by atoms with Crippen molar-refractivity contribution in [2.24, 2.45) is 0 Å². The highest BCUT2D eigenvalue weighted by molar-refractivity contribution is 5.78. The zero-order valence-corrected chi connectivity index (χ0v) is 15.3. The number of rotatable bonds is 7. The van der Waals surface area contributed by atoms with Gasteiger partial charge in [-0.05, 0) is 36.6 Å². The zero-order valence-electron chi connectivity index (χ0n) is 15.3. The third-order valence-electron chi connectivity index (χ3n) is 4.81. The number of ether oxygens (including phenoxy) is 1. The first kappa shape index (κ1) is 18.7. The fourth-order valence-corrected chi connectivity index (χ4v) is 3.49. The Kier molecular flexibility index (Phi) is 5.90. The Morgan fingerprint density at radius 3 is 2.89 bits per heavy atom. The Morgan fingerprint density at radius 2 is 2.11 bits per heavy atom. The van der Waals surface area contributed by atoms with E-state index < -0.39 is 4.92 Å². The molecule has 1 aliphatic rings. The average Bonchev–Trinajstić information content (AvgIpc) is 3.18. The zero-order chi connectivity index (χ0) is 19.2. The van der Waals surface area contributed by atoms with Gasteiger partial charge in [0.15, 0.2) is 0 Å². The number of para-hydroxylation sites is 2. The second-order valence-corrected chi connectivity index (χ2v) is 6.47. The predicted octanol–water partition coefficient (Wildman–Crippen LogP) is 3.77. The summed E-state index contributed by atoms with van der Waals surface area (Å²) in [5.74, 6) is 0.830. The maximum atomic E-state index is 12.7. The van der Waals surface area contributed by atoms with Crippen LogP contribution in [0.3, 0.4) is 0 Å². The summed E-state index contributed by atoms with van der Waals surface area (Å²) in [5, 5.41) is 14.1. The molecule has 2 aromatic carbocycles. The van der Waals surface area contributed by atoms with Crippen molar-refractivity contribution in [2.75, 3.05) is 25.5 Å². The van der Waals surface area contributed by atoms with Gasteiger partial charge in [0.25, 0.3) is 5.69 Å². The summed E-state index contributed by atoms with van der Waals surface area (Å²) in [6, 6.07) is 14.3. The van der Waals surface area contributed by atoms with E-state index in [0.717, 1.165) is 30.7 Å². The van der Waals surface area contributed by atoms with E-state index in [9.17, 15) is 14.9 Å². The molecule has 2 aromatic rings. The van der Waals surface area contributed by atoms with Crippen molar-refractivity contribution < 1.29 is 14.5 Å². The number of anilines is 1. The lowest BCUT2D eigenvalue weighted by Crippen LogP contribution is -2.31. The topological polar surface area (TPSA) is 84.7 Å². The molecule has 1 atom stereocenters. The number of likely N-dealkylation sites (tertiary alicyclic amines) is 1. The minimum atomic E-state index is -0.427. The molecule has 1 heterocycles. The van der Waals surface area contributed by atoms with Gasteiger partial charge in [-0.15, -0.1) is 0 Å². The van der Waals surface area contributed by atoms with Crippen molar-refractivity contribution in [2.45, 2.75) is 25.3 Å². The molecule has 1 saturated heterocycles. The highest BCUT2D eigenvalue weighted by atomic mass is 16.6. The van der Waals surface area contributed by atoms with Gasteiger partial charge in [-0.1, -0.05) is 24.3 Å². The van der Waals surface area contributed by atoms with E-state index in [0.29, 0.717) is 12.2 Å². The quantitative estimate of drug-likeness (QED) is 0.593. The van der Waals surface area contributed by atoms with E-state index in [1.54, 1.807) is 25.3 Å². The van der Waals surface area contributed by atoms with Gasteiger partial charge in [0.1, 0.15) is 11.4 Å². The van der Waals surface area contributed by atoms with Crippen molar-refractivity contribution in [1.29, 1.82) is 0 Å². The van der Waals surface area contributed by atoms with Crippen LogP contribution in [0.5, 0.6) is 5.75 Å². The molecule has 7 nitrogen and oxygen atoms in total. The van der Waals surface area contributed by atoms with Gasteiger partial charge < -0.3 is 15.0 Å². The number of benzene rings is 2. The minimum Gasteiger partial charge on any atom is -0.497 e. The van der Waals surface area contributed by atoms with Gasteiger partial charge >= 0.3 is 0 Å². The van der Waals surface area contributed by atoms with Gasteiger partial charge in [0.05, 0.1) is 18.1 Å². The molecule has 0 aliphatic carbocycles. The number of carbonyl (C=O) groups excluding carboxylic acids is 1. The SMILES string of the molecule is COc1cccc(C2CCCN2C(=O)CCNc2ccccc2[N+](=O)[O-])c1. The summed E-state index contributed by atoms with van der Waals surface area (Å²) in [6.07, 6.45) is 2.17. The summed E-state index contributed by atoms with van der Waals surface area (Å²) in [5.41, 5.74) is 1.52. The Hall–Kier alpha value is -3.09. The minimum absolute atomic E-state index is 0.0142. The van der Waals surface area contributed by atoms with Gasteiger partial charge in [-0.2, -0.15) is 0 Å². The summed E-state index contributed by atoms with van der Waals surface area (Å²) in [4.78, 5) is 25.2. The third kappa shape index (κ3) is 4.36. The van der Waals surface area contributed by atoms with Crippen LogP contribution in [0.25, 0.3) is 0 Å². The first-order valence-electron chi connectivity index (χ1n) is 9.01. The summed E-state index contributed by atoms with van der Waals surface area (Å²) >= 11 is 0. The standard InChI is InChI=1S/C20H23N3O4/c1-27-16-7-4-6-15(14-16)18-10-5-13-22(18)20(24)11-12-21-17-8-2-3-9-19(17)23(25)26/h2-4,6-9,14,18,21H,5,10-13H2,1H3. The smallest absolute Gasteiger partial charge is 0.292 e. The number of carbonyl (C=O) groups is 1. The molecule has 1 unspecified atom stereocenters. The van der Waals surface area contributed by atoms with Crippen molar-refractivity contribution in [3.63, 3.8) is 0 Å². The number of hydrogen-bond donors (Lipinski definition) is 1. The van der Waals surface area contributed by atoms with Gasteiger partial charge in [0.2, 0.25) is 5.91 Å². The number of nitro groups is 1. The molecular weight excluding hydrogens is 346 g/mol. The molecule has 1 amide bonds. The molecule has 0 aromatic heterocycles. The molecule has 0 radical (unpaired) electrons. The maximum Gasteiger partial charge on any atom is 0.292 e. The van der Waals surface area contributed by atoms with E-state index in [1.807, 2.05) is 29.2 Å². The number of nitrogens with one attached hydrogen (secondary N) is 1. The molecule has 27 heavy (non-hydrogen) atoms. The highest BCUT2D eigenvalue weighted by Gasteiger charge is 2.29. The van der Waals surface area contributed by atoms with E-state index in [2.05, 4.69) is 5.32 Å². The lowest BCUT2D eigenvalue weighted by molar-refractivity contribution is -0.384. The van der Waals surface area contributed by atoms with Crippen molar-refractivity contribution >= 4 is 17.3 Å². The van der Waals surface area contributed by atoms with Crippen LogP contribution < -0.4 is 10.1 Å². The van der Waals surface area contributed by atoms with Crippen LogP contribution in [0, 0.1) is 10.1 Å². The highest BCUT2D eigenvalue weighted by Crippen LogP contribution is 2.34. The average molecular weight is 369 g/mol. The molecule has 7 heteroatoms. The van der Waals surface area contributed by atoms with E-state index in [1.165, 1.54) is 6.07 Å². The van der Waals surface area contributed by atoms with E-state index in [-0.39, 0.29) is 24.1 Å². The Balaban J connectivity index is 1.61. The van der Waals surface area contributed by atoms with Crippen molar-refractivity contribution in [3.05, 3.63) is 64.2 Å². The van der Waals surface area contributed by atoms with Gasteiger partial charge in [0, 0.05) is 25.6 Å². The van der Waals surface area contributed by atoms with E-state index >= 15 is 0 Å². The van der Waals surface area contributed by atoms with Crippen LogP contribution in [0.2, 0.25) is 0 Å². The summed E-state index contributed by atoms with van der Waals surface area (Å²) < 4.78 is 5.29. The Labute approximate surface area is 158 Å². The van der Waals surface area contributed by atoms with Crippen molar-refractivity contribution in [1.82, 2.24) is 4.90 Å². The molecule has 3 rings (SSSR count). The largest absolute Gasteiger partial charge is 0.497 e. The van der Waals surface area contributed by atoms with Crippen LogP contribution in [-0.4, -0.2) is 35.9 Å². The summed E-state index contributed by atoms with van der Waals surface area (Å²) in [7, 11) is 1.63. The molecule has 142 valence electrons. The molecule has 1 fully saturated rings. The molecule has 1 aliphatic heterocycles. The monoisotopic (exact) mass is 369 g/mol. The second kappa shape index (κ2) is 8.53. The Bertz CT molecular complexity index is 824.